The van der Waals surface area contributed by atoms with Crippen molar-refractivity contribution in [2.24, 2.45) is 5.73 Å². The van der Waals surface area contributed by atoms with Gasteiger partial charge in [0.15, 0.2) is 0 Å². The molecule has 2 N–H and O–H groups in total. The van der Waals surface area contributed by atoms with Gasteiger partial charge in [0.25, 0.3) is 0 Å². The fraction of sp³-hybridized carbons (Fsp3) is 0.375. The van der Waals surface area contributed by atoms with Crippen molar-refractivity contribution in [3.05, 3.63) is 23.4 Å². The van der Waals surface area contributed by atoms with E-state index in [9.17, 15) is 4.79 Å². The number of allylic oxidation sites excluding steroid dienone is 2. The largest absolute Gasteiger partial charge is 0.466 e. The van der Waals surface area contributed by atoms with Crippen LogP contribution in [0.4, 0.5) is 0 Å². The molecule has 0 aromatic rings. The van der Waals surface area contributed by atoms with Crippen molar-refractivity contribution in [2.45, 2.75) is 13.8 Å². The van der Waals surface area contributed by atoms with Gasteiger partial charge in [-0.05, 0) is 19.9 Å². The van der Waals surface area contributed by atoms with Gasteiger partial charge in [-0.3, -0.25) is 0 Å². The number of hydrogen-bond donors (Lipinski definition) is 1. The summed E-state index contributed by atoms with van der Waals surface area (Å²) >= 11 is 0. The number of nitrogens with two attached hydrogens (primary N) is 1. The summed E-state index contributed by atoms with van der Waals surface area (Å²) in [5, 5.41) is 0. The third kappa shape index (κ3) is 2.89. The lowest BCUT2D eigenvalue weighted by Gasteiger charge is -2.00. The molecule has 62 valence electrons. The van der Waals surface area contributed by atoms with Gasteiger partial charge in [0.2, 0.25) is 0 Å². The molecule has 0 fully saturated rings. The Morgan fingerprint density at radius 1 is 1.55 bits per heavy atom. The summed E-state index contributed by atoms with van der Waals surface area (Å²) in [5.41, 5.74) is 6.38. The lowest BCUT2D eigenvalue weighted by Crippen LogP contribution is -2.08. The standard InChI is InChI=1S/C8H13NO2/c1-4-5-7(9)6(2)8(10)11-3/h4-5H,9H2,1-3H3/b5-4-,7-6-. The van der Waals surface area contributed by atoms with Crippen LogP contribution in [0.1, 0.15) is 13.8 Å². The van der Waals surface area contributed by atoms with Crippen molar-refractivity contribution in [3.8, 4) is 0 Å². The molecule has 0 aromatic carbocycles. The van der Waals surface area contributed by atoms with Crippen molar-refractivity contribution in [1.29, 1.82) is 0 Å². The second-order valence-corrected chi connectivity index (χ2v) is 2.07. The highest BCUT2D eigenvalue weighted by atomic mass is 16.5. The van der Waals surface area contributed by atoms with E-state index in [0.29, 0.717) is 11.3 Å². The molecule has 0 saturated heterocycles. The van der Waals surface area contributed by atoms with E-state index in [-0.39, 0.29) is 5.97 Å². The molecule has 0 aliphatic rings. The first-order valence-corrected chi connectivity index (χ1v) is 3.30. The van der Waals surface area contributed by atoms with Gasteiger partial charge >= 0.3 is 5.97 Å². The van der Waals surface area contributed by atoms with Crippen LogP contribution in [-0.2, 0) is 9.53 Å². The third-order valence-corrected chi connectivity index (χ3v) is 1.27. The highest BCUT2D eigenvalue weighted by Crippen LogP contribution is 2.00. The number of carbonyl (C=O) groups is 1. The Balaban J connectivity index is 4.51. The highest BCUT2D eigenvalue weighted by Gasteiger charge is 2.05. The van der Waals surface area contributed by atoms with E-state index in [1.807, 2.05) is 6.92 Å². The van der Waals surface area contributed by atoms with Gasteiger partial charge in [-0.25, -0.2) is 4.79 Å². The summed E-state index contributed by atoms with van der Waals surface area (Å²) in [7, 11) is 1.33. The first kappa shape index (κ1) is 9.75. The number of esters is 1. The van der Waals surface area contributed by atoms with Crippen molar-refractivity contribution in [1.82, 2.24) is 0 Å². The number of methoxy groups -OCH3 is 1. The van der Waals surface area contributed by atoms with Gasteiger partial charge < -0.3 is 10.5 Å². The van der Waals surface area contributed by atoms with Crippen LogP contribution in [0.25, 0.3) is 0 Å². The zero-order valence-electron chi connectivity index (χ0n) is 7.05. The van der Waals surface area contributed by atoms with Crippen LogP contribution in [0.15, 0.2) is 23.4 Å². The SMILES string of the molecule is C/C=C\C(N)=C(/C)C(=O)OC. The summed E-state index contributed by atoms with van der Waals surface area (Å²) in [4.78, 5) is 10.8. The fourth-order valence-electron chi connectivity index (χ4n) is 0.576. The second-order valence-electron chi connectivity index (χ2n) is 2.07. The molecule has 0 amide bonds. The number of hydrogen-bond acceptors (Lipinski definition) is 3. The van der Waals surface area contributed by atoms with E-state index in [2.05, 4.69) is 4.74 Å². The Hall–Kier alpha value is -1.25. The van der Waals surface area contributed by atoms with Gasteiger partial charge in [0, 0.05) is 5.70 Å². The van der Waals surface area contributed by atoms with Gasteiger partial charge in [0.1, 0.15) is 0 Å². The molecule has 0 unspecified atom stereocenters. The summed E-state index contributed by atoms with van der Waals surface area (Å²) in [6.07, 6.45) is 3.42. The molecule has 3 nitrogen and oxygen atoms in total. The maximum atomic E-state index is 10.8. The van der Waals surface area contributed by atoms with Crippen molar-refractivity contribution in [3.63, 3.8) is 0 Å². The van der Waals surface area contributed by atoms with Crippen molar-refractivity contribution < 1.29 is 9.53 Å². The maximum absolute atomic E-state index is 10.8. The Kier molecular flexibility index (Phi) is 4.03. The quantitative estimate of drug-likeness (QED) is 0.367. The summed E-state index contributed by atoms with van der Waals surface area (Å²) in [6, 6.07) is 0. The molecular formula is C8H13NO2. The molecule has 3 heteroatoms. The lowest BCUT2D eigenvalue weighted by atomic mass is 10.2. The van der Waals surface area contributed by atoms with Gasteiger partial charge in [-0.2, -0.15) is 0 Å². The van der Waals surface area contributed by atoms with Gasteiger partial charge in [0.05, 0.1) is 12.7 Å². The summed E-state index contributed by atoms with van der Waals surface area (Å²) < 4.78 is 4.47. The molecule has 0 spiro atoms. The maximum Gasteiger partial charge on any atom is 0.335 e. The predicted molar refractivity (Wildman–Crippen MR) is 43.7 cm³/mol. The predicted octanol–water partition coefficient (Wildman–Crippen LogP) is 0.968. The molecule has 0 heterocycles. The molecular weight excluding hydrogens is 142 g/mol. The first-order valence-electron chi connectivity index (χ1n) is 3.30. The molecule has 0 radical (unpaired) electrons. The topological polar surface area (TPSA) is 52.3 Å². The highest BCUT2D eigenvalue weighted by molar-refractivity contribution is 5.88. The average Bonchev–Trinajstić information content (AvgIpc) is 2.02. The van der Waals surface area contributed by atoms with Crippen molar-refractivity contribution in [2.75, 3.05) is 7.11 Å². The van der Waals surface area contributed by atoms with E-state index in [1.165, 1.54) is 7.11 Å². The van der Waals surface area contributed by atoms with Crippen LogP contribution in [0.3, 0.4) is 0 Å². The van der Waals surface area contributed by atoms with E-state index < -0.39 is 0 Å². The zero-order valence-corrected chi connectivity index (χ0v) is 7.05. The molecule has 0 aliphatic heterocycles. The third-order valence-electron chi connectivity index (χ3n) is 1.27. The molecule has 0 aromatic heterocycles. The number of carbonyl (C=O) groups excluding carboxylic acids is 1. The van der Waals surface area contributed by atoms with E-state index in [4.69, 9.17) is 5.73 Å². The minimum absolute atomic E-state index is 0.388. The summed E-state index contributed by atoms with van der Waals surface area (Å²) in [6.45, 7) is 3.46. The minimum atomic E-state index is -0.388. The van der Waals surface area contributed by atoms with Crippen LogP contribution < -0.4 is 5.73 Å². The first-order chi connectivity index (χ1) is 5.13. The fourth-order valence-corrected chi connectivity index (χ4v) is 0.576. The van der Waals surface area contributed by atoms with Gasteiger partial charge in [-0.15, -0.1) is 0 Å². The number of ether oxygens (including phenoxy) is 1. The molecule has 0 atom stereocenters. The summed E-state index contributed by atoms with van der Waals surface area (Å²) in [5.74, 6) is -0.388. The van der Waals surface area contributed by atoms with Crippen LogP contribution in [0.5, 0.6) is 0 Å². The Bertz CT molecular complexity index is 204. The lowest BCUT2D eigenvalue weighted by molar-refractivity contribution is -0.136. The molecule has 0 bridgehead atoms. The van der Waals surface area contributed by atoms with Crippen LogP contribution in [0, 0.1) is 0 Å². The van der Waals surface area contributed by atoms with E-state index >= 15 is 0 Å². The zero-order chi connectivity index (χ0) is 8.85. The monoisotopic (exact) mass is 155 g/mol. The molecule has 0 rings (SSSR count). The van der Waals surface area contributed by atoms with E-state index in [0.717, 1.165) is 0 Å². The molecule has 0 saturated carbocycles. The van der Waals surface area contributed by atoms with E-state index in [1.54, 1.807) is 19.1 Å². The minimum Gasteiger partial charge on any atom is -0.466 e. The Morgan fingerprint density at radius 2 is 2.09 bits per heavy atom. The van der Waals surface area contributed by atoms with Crippen LogP contribution >= 0.6 is 0 Å². The Morgan fingerprint density at radius 3 is 2.45 bits per heavy atom. The van der Waals surface area contributed by atoms with Crippen LogP contribution in [0.2, 0.25) is 0 Å². The molecule has 0 aliphatic carbocycles. The van der Waals surface area contributed by atoms with Crippen molar-refractivity contribution >= 4 is 5.97 Å². The smallest absolute Gasteiger partial charge is 0.335 e. The van der Waals surface area contributed by atoms with Crippen LogP contribution in [-0.4, -0.2) is 13.1 Å². The average molecular weight is 155 g/mol. The van der Waals surface area contributed by atoms with Gasteiger partial charge in [-0.1, -0.05) is 6.08 Å². The number of rotatable bonds is 2. The molecule has 11 heavy (non-hydrogen) atoms. The normalized spacial score (nSPS) is 13.0. The Labute approximate surface area is 66.5 Å². The second kappa shape index (κ2) is 4.55.